The van der Waals surface area contributed by atoms with Crippen LogP contribution in [0.1, 0.15) is 21.6 Å². The van der Waals surface area contributed by atoms with E-state index in [-0.39, 0.29) is 5.91 Å². The number of anilines is 2. The normalized spacial score (nSPS) is 10.8. The van der Waals surface area contributed by atoms with E-state index in [1.54, 1.807) is 24.3 Å². The molecule has 0 spiro atoms. The van der Waals surface area contributed by atoms with Gasteiger partial charge in [-0.3, -0.25) is 9.78 Å². The molecule has 4 rings (SSSR count). The van der Waals surface area contributed by atoms with Gasteiger partial charge in [0.15, 0.2) is 0 Å². The second-order valence-electron chi connectivity index (χ2n) is 7.45. The van der Waals surface area contributed by atoms with Gasteiger partial charge in [-0.1, -0.05) is 48.0 Å². The van der Waals surface area contributed by atoms with E-state index in [9.17, 15) is 4.79 Å². The third-order valence-corrected chi connectivity index (χ3v) is 5.64. The van der Waals surface area contributed by atoms with Crippen LogP contribution in [0.15, 0.2) is 73.1 Å². The van der Waals surface area contributed by atoms with Crippen molar-refractivity contribution >= 4 is 39.8 Å². The fourth-order valence-corrected chi connectivity index (χ4v) is 3.59. The highest BCUT2D eigenvalue weighted by molar-refractivity contribution is 6.31. The van der Waals surface area contributed by atoms with Crippen LogP contribution in [-0.4, -0.2) is 34.4 Å². The van der Waals surface area contributed by atoms with Crippen molar-refractivity contribution in [3.05, 3.63) is 94.9 Å². The number of pyridine rings is 2. The fraction of sp³-hybridized carbons (Fsp3) is 0.160. The van der Waals surface area contributed by atoms with E-state index < -0.39 is 0 Å². The van der Waals surface area contributed by atoms with Crippen molar-refractivity contribution in [2.45, 2.75) is 13.3 Å². The molecule has 4 aromatic rings. The SMILES string of the molecule is Cc1ccc(Nc2ncc(C(=O)N(C)CCc3ccccn3)c3ccccc23)cc1Cl. The molecule has 0 saturated carbocycles. The molecule has 0 atom stereocenters. The maximum atomic E-state index is 13.2. The summed E-state index contributed by atoms with van der Waals surface area (Å²) in [5, 5.41) is 5.75. The van der Waals surface area contributed by atoms with Crippen LogP contribution in [0, 0.1) is 6.92 Å². The van der Waals surface area contributed by atoms with Crippen LogP contribution in [0.2, 0.25) is 5.02 Å². The number of aromatic nitrogens is 2. The second-order valence-corrected chi connectivity index (χ2v) is 7.86. The van der Waals surface area contributed by atoms with E-state index in [2.05, 4.69) is 15.3 Å². The first-order valence-corrected chi connectivity index (χ1v) is 10.5. The Morgan fingerprint density at radius 1 is 1.03 bits per heavy atom. The van der Waals surface area contributed by atoms with Crippen LogP contribution in [0.4, 0.5) is 11.5 Å². The van der Waals surface area contributed by atoms with Crippen LogP contribution >= 0.6 is 11.6 Å². The van der Waals surface area contributed by atoms with E-state index in [0.717, 1.165) is 27.7 Å². The third-order valence-electron chi connectivity index (χ3n) is 5.24. The molecule has 0 aliphatic carbocycles. The van der Waals surface area contributed by atoms with Gasteiger partial charge in [-0.05, 0) is 42.1 Å². The smallest absolute Gasteiger partial charge is 0.255 e. The molecule has 31 heavy (non-hydrogen) atoms. The highest BCUT2D eigenvalue weighted by Crippen LogP contribution is 2.29. The molecular weight excluding hydrogens is 408 g/mol. The van der Waals surface area contributed by atoms with Gasteiger partial charge in [0.05, 0.1) is 5.56 Å². The van der Waals surface area contributed by atoms with E-state index in [4.69, 9.17) is 11.6 Å². The number of carbonyl (C=O) groups excluding carboxylic acids is 1. The summed E-state index contributed by atoms with van der Waals surface area (Å²) in [6, 6.07) is 19.4. The number of fused-ring (bicyclic) bond motifs is 1. The minimum atomic E-state index is -0.0652. The summed E-state index contributed by atoms with van der Waals surface area (Å²) < 4.78 is 0. The molecule has 0 radical (unpaired) electrons. The first-order valence-electron chi connectivity index (χ1n) is 10.1. The van der Waals surface area contributed by atoms with E-state index in [0.29, 0.717) is 29.4 Å². The first-order chi connectivity index (χ1) is 15.0. The Hall–Kier alpha value is -3.44. The molecule has 0 aliphatic rings. The number of amides is 1. The van der Waals surface area contributed by atoms with Crippen molar-refractivity contribution < 1.29 is 4.79 Å². The van der Waals surface area contributed by atoms with Crippen LogP contribution in [0.3, 0.4) is 0 Å². The Morgan fingerprint density at radius 2 is 1.81 bits per heavy atom. The number of likely N-dealkylation sites (N-methyl/N-ethyl adjacent to an activating group) is 1. The highest BCUT2D eigenvalue weighted by atomic mass is 35.5. The van der Waals surface area contributed by atoms with Gasteiger partial charge in [0, 0.05) is 54.2 Å². The van der Waals surface area contributed by atoms with Gasteiger partial charge in [0.2, 0.25) is 0 Å². The summed E-state index contributed by atoms with van der Waals surface area (Å²) in [5.74, 6) is 0.618. The third kappa shape index (κ3) is 4.67. The lowest BCUT2D eigenvalue weighted by Gasteiger charge is -2.19. The van der Waals surface area contributed by atoms with Crippen molar-refractivity contribution in [1.82, 2.24) is 14.9 Å². The summed E-state index contributed by atoms with van der Waals surface area (Å²) in [7, 11) is 1.81. The van der Waals surface area contributed by atoms with Crippen molar-refractivity contribution in [3.63, 3.8) is 0 Å². The molecular formula is C25H23ClN4O. The van der Waals surface area contributed by atoms with Gasteiger partial charge in [-0.2, -0.15) is 0 Å². The van der Waals surface area contributed by atoms with Gasteiger partial charge in [-0.15, -0.1) is 0 Å². The number of nitrogens with zero attached hydrogens (tertiary/aromatic N) is 3. The Kier molecular flexibility index (Phi) is 6.14. The number of carbonyl (C=O) groups is 1. The largest absolute Gasteiger partial charge is 0.341 e. The monoisotopic (exact) mass is 430 g/mol. The Labute approximate surface area is 186 Å². The lowest BCUT2D eigenvalue weighted by Crippen LogP contribution is -2.29. The van der Waals surface area contributed by atoms with Crippen LogP contribution < -0.4 is 5.32 Å². The molecule has 2 heterocycles. The van der Waals surface area contributed by atoms with Gasteiger partial charge in [-0.25, -0.2) is 4.98 Å². The molecule has 156 valence electrons. The minimum absolute atomic E-state index is 0.0652. The van der Waals surface area contributed by atoms with Crippen molar-refractivity contribution in [1.29, 1.82) is 0 Å². The number of nitrogens with one attached hydrogen (secondary N) is 1. The van der Waals surface area contributed by atoms with Gasteiger partial charge in [0.25, 0.3) is 5.91 Å². The average molecular weight is 431 g/mol. The zero-order chi connectivity index (χ0) is 21.8. The number of hydrogen-bond donors (Lipinski definition) is 1. The molecule has 6 heteroatoms. The predicted octanol–water partition coefficient (Wildman–Crippen LogP) is 5.65. The van der Waals surface area contributed by atoms with Crippen molar-refractivity contribution in [2.24, 2.45) is 0 Å². The lowest BCUT2D eigenvalue weighted by atomic mass is 10.1. The van der Waals surface area contributed by atoms with Gasteiger partial charge >= 0.3 is 0 Å². The molecule has 0 bridgehead atoms. The van der Waals surface area contributed by atoms with Gasteiger partial charge in [0.1, 0.15) is 5.82 Å². The molecule has 5 nitrogen and oxygen atoms in total. The number of hydrogen-bond acceptors (Lipinski definition) is 4. The minimum Gasteiger partial charge on any atom is -0.341 e. The quantitative estimate of drug-likeness (QED) is 0.429. The highest BCUT2D eigenvalue weighted by Gasteiger charge is 2.17. The molecule has 0 aliphatic heterocycles. The second kappa shape index (κ2) is 9.14. The molecule has 1 N–H and O–H groups in total. The number of halogens is 1. The number of rotatable bonds is 6. The lowest BCUT2D eigenvalue weighted by molar-refractivity contribution is 0.0798. The van der Waals surface area contributed by atoms with Crippen LogP contribution in [0.25, 0.3) is 10.8 Å². The van der Waals surface area contributed by atoms with Crippen molar-refractivity contribution in [2.75, 3.05) is 18.9 Å². The number of aryl methyl sites for hydroxylation is 1. The number of benzene rings is 2. The van der Waals surface area contributed by atoms with E-state index in [1.165, 1.54) is 0 Å². The first kappa shape index (κ1) is 20.8. The summed E-state index contributed by atoms with van der Waals surface area (Å²) >= 11 is 6.26. The predicted molar refractivity (Wildman–Crippen MR) is 126 cm³/mol. The molecule has 1 amide bonds. The Balaban J connectivity index is 1.59. The maximum absolute atomic E-state index is 13.2. The van der Waals surface area contributed by atoms with Crippen molar-refractivity contribution in [3.8, 4) is 0 Å². The summed E-state index contributed by atoms with van der Waals surface area (Å²) in [6.07, 6.45) is 4.10. The van der Waals surface area contributed by atoms with Gasteiger partial charge < -0.3 is 10.2 Å². The summed E-state index contributed by atoms with van der Waals surface area (Å²) in [4.78, 5) is 23.8. The molecule has 0 fully saturated rings. The van der Waals surface area contributed by atoms with Crippen LogP contribution in [0.5, 0.6) is 0 Å². The molecule has 0 unspecified atom stereocenters. The maximum Gasteiger partial charge on any atom is 0.255 e. The van der Waals surface area contributed by atoms with E-state index >= 15 is 0 Å². The van der Waals surface area contributed by atoms with Crippen LogP contribution in [-0.2, 0) is 6.42 Å². The Morgan fingerprint density at radius 3 is 2.55 bits per heavy atom. The summed E-state index contributed by atoms with van der Waals surface area (Å²) in [5.41, 5.74) is 3.40. The standard InChI is InChI=1S/C25H23ClN4O/c1-17-10-11-19(15-23(17)26)29-24-21-9-4-3-8-20(21)22(16-28-24)25(31)30(2)14-12-18-7-5-6-13-27-18/h3-11,13,15-16H,12,14H2,1-2H3,(H,28,29). The topological polar surface area (TPSA) is 58.1 Å². The fourth-order valence-electron chi connectivity index (χ4n) is 3.41. The summed E-state index contributed by atoms with van der Waals surface area (Å²) in [6.45, 7) is 2.54. The molecule has 0 saturated heterocycles. The zero-order valence-electron chi connectivity index (χ0n) is 17.5. The zero-order valence-corrected chi connectivity index (χ0v) is 18.2. The molecule has 2 aromatic heterocycles. The Bertz CT molecular complexity index is 1230. The van der Waals surface area contributed by atoms with E-state index in [1.807, 2.05) is 67.6 Å². The average Bonchev–Trinajstić information content (AvgIpc) is 2.80. The molecule has 2 aromatic carbocycles.